The monoisotopic (exact) mass is 224 g/mol. The number of hydrogen-bond acceptors (Lipinski definition) is 1. The molecule has 3 atom stereocenters. The zero-order valence-electron chi connectivity index (χ0n) is 11.5. The highest BCUT2D eigenvalue weighted by molar-refractivity contribution is 4.92. The smallest absolute Gasteiger partial charge is 0.0555 e. The first-order valence-electron chi connectivity index (χ1n) is 7.16. The van der Waals surface area contributed by atoms with Gasteiger partial charge in [0.05, 0.1) is 12.2 Å². The maximum atomic E-state index is 5.91. The summed E-state index contributed by atoms with van der Waals surface area (Å²) in [6.45, 7) is 9.32. The van der Waals surface area contributed by atoms with Gasteiger partial charge in [0.25, 0.3) is 0 Å². The normalized spacial score (nSPS) is 45.2. The summed E-state index contributed by atoms with van der Waals surface area (Å²) < 4.78 is 5.91. The molecule has 0 radical (unpaired) electrons. The molecular formula is C15H28O. The van der Waals surface area contributed by atoms with E-state index in [1.165, 1.54) is 38.5 Å². The molecule has 1 aliphatic carbocycles. The summed E-state index contributed by atoms with van der Waals surface area (Å²) in [5, 5.41) is 0. The molecule has 1 spiro atoms. The predicted molar refractivity (Wildman–Crippen MR) is 68.5 cm³/mol. The zero-order valence-corrected chi connectivity index (χ0v) is 11.5. The molecule has 0 aromatic carbocycles. The van der Waals surface area contributed by atoms with Gasteiger partial charge in [0.2, 0.25) is 0 Å². The average molecular weight is 224 g/mol. The Morgan fingerprint density at radius 2 is 1.69 bits per heavy atom. The van der Waals surface area contributed by atoms with Crippen molar-refractivity contribution in [3.63, 3.8) is 0 Å². The van der Waals surface area contributed by atoms with Crippen molar-refractivity contribution in [2.75, 3.05) is 0 Å². The molecule has 0 amide bonds. The third kappa shape index (κ3) is 2.61. The second kappa shape index (κ2) is 4.68. The summed E-state index contributed by atoms with van der Waals surface area (Å²) in [4.78, 5) is 0. The number of ether oxygens (including phenoxy) is 1. The van der Waals surface area contributed by atoms with Gasteiger partial charge in [-0.2, -0.15) is 0 Å². The van der Waals surface area contributed by atoms with Crippen LogP contribution in [0.15, 0.2) is 0 Å². The Balaban J connectivity index is 2.05. The van der Waals surface area contributed by atoms with E-state index in [1.54, 1.807) is 0 Å². The maximum Gasteiger partial charge on any atom is 0.0555 e. The van der Waals surface area contributed by atoms with Gasteiger partial charge in [-0.25, -0.2) is 0 Å². The molecule has 16 heavy (non-hydrogen) atoms. The SMILES string of the molecule is CC1CC2(CCCC(C(C)C)C2)CC(C)O1. The van der Waals surface area contributed by atoms with Crippen molar-refractivity contribution in [2.45, 2.75) is 78.4 Å². The molecule has 3 unspecified atom stereocenters. The van der Waals surface area contributed by atoms with Crippen molar-refractivity contribution in [1.82, 2.24) is 0 Å². The van der Waals surface area contributed by atoms with Crippen molar-refractivity contribution < 1.29 is 4.74 Å². The molecule has 1 saturated carbocycles. The summed E-state index contributed by atoms with van der Waals surface area (Å²) >= 11 is 0. The minimum atomic E-state index is 0.481. The molecule has 0 bridgehead atoms. The summed E-state index contributed by atoms with van der Waals surface area (Å²) in [6.07, 6.45) is 9.40. The molecule has 1 heterocycles. The Labute approximate surface area is 101 Å². The van der Waals surface area contributed by atoms with Gasteiger partial charge in [-0.15, -0.1) is 0 Å². The lowest BCUT2D eigenvalue weighted by atomic mass is 9.61. The van der Waals surface area contributed by atoms with Crippen LogP contribution in [-0.2, 0) is 4.74 Å². The maximum absolute atomic E-state index is 5.91. The van der Waals surface area contributed by atoms with Crippen LogP contribution in [0.25, 0.3) is 0 Å². The van der Waals surface area contributed by atoms with Gasteiger partial charge < -0.3 is 4.74 Å². The van der Waals surface area contributed by atoms with Crippen LogP contribution in [0, 0.1) is 17.3 Å². The van der Waals surface area contributed by atoms with Crippen LogP contribution < -0.4 is 0 Å². The molecule has 94 valence electrons. The minimum Gasteiger partial charge on any atom is -0.376 e. The van der Waals surface area contributed by atoms with Crippen molar-refractivity contribution >= 4 is 0 Å². The molecular weight excluding hydrogens is 196 g/mol. The van der Waals surface area contributed by atoms with Crippen LogP contribution in [0.1, 0.15) is 66.2 Å². The third-order valence-electron chi connectivity index (χ3n) is 4.83. The molecule has 0 N–H and O–H groups in total. The zero-order chi connectivity index (χ0) is 11.8. The van der Waals surface area contributed by atoms with Crippen LogP contribution in [0.5, 0.6) is 0 Å². The lowest BCUT2D eigenvalue weighted by molar-refractivity contribution is -0.106. The van der Waals surface area contributed by atoms with Crippen molar-refractivity contribution in [2.24, 2.45) is 17.3 Å². The molecule has 1 aliphatic heterocycles. The van der Waals surface area contributed by atoms with Gasteiger partial charge in [0.1, 0.15) is 0 Å². The van der Waals surface area contributed by atoms with Crippen LogP contribution in [0.4, 0.5) is 0 Å². The van der Waals surface area contributed by atoms with Gasteiger partial charge >= 0.3 is 0 Å². The van der Waals surface area contributed by atoms with Crippen LogP contribution in [-0.4, -0.2) is 12.2 Å². The second-order valence-electron chi connectivity index (χ2n) is 6.77. The van der Waals surface area contributed by atoms with E-state index in [2.05, 4.69) is 27.7 Å². The van der Waals surface area contributed by atoms with E-state index < -0.39 is 0 Å². The van der Waals surface area contributed by atoms with E-state index in [0.717, 1.165) is 11.8 Å². The highest BCUT2D eigenvalue weighted by Crippen LogP contribution is 2.50. The van der Waals surface area contributed by atoms with Gasteiger partial charge in [-0.3, -0.25) is 0 Å². The fourth-order valence-electron chi connectivity index (χ4n) is 4.24. The lowest BCUT2D eigenvalue weighted by Crippen LogP contribution is -2.42. The Hall–Kier alpha value is -0.0400. The largest absolute Gasteiger partial charge is 0.376 e. The van der Waals surface area contributed by atoms with Crippen molar-refractivity contribution in [3.05, 3.63) is 0 Å². The molecule has 2 aliphatic rings. The molecule has 0 aromatic heterocycles. The van der Waals surface area contributed by atoms with E-state index in [1.807, 2.05) is 0 Å². The van der Waals surface area contributed by atoms with E-state index in [9.17, 15) is 0 Å². The van der Waals surface area contributed by atoms with Gasteiger partial charge in [0, 0.05) is 0 Å². The molecule has 0 aromatic rings. The Kier molecular flexibility index (Phi) is 3.63. The van der Waals surface area contributed by atoms with E-state index >= 15 is 0 Å². The summed E-state index contributed by atoms with van der Waals surface area (Å²) in [6, 6.07) is 0. The Morgan fingerprint density at radius 1 is 1.06 bits per heavy atom. The minimum absolute atomic E-state index is 0.481. The first kappa shape index (κ1) is 12.4. The third-order valence-corrected chi connectivity index (χ3v) is 4.83. The summed E-state index contributed by atoms with van der Waals surface area (Å²) in [7, 11) is 0. The van der Waals surface area contributed by atoms with E-state index in [-0.39, 0.29) is 0 Å². The van der Waals surface area contributed by atoms with Crippen LogP contribution >= 0.6 is 0 Å². The van der Waals surface area contributed by atoms with Crippen molar-refractivity contribution in [1.29, 1.82) is 0 Å². The molecule has 2 fully saturated rings. The Bertz CT molecular complexity index is 224. The standard InChI is InChI=1S/C15H28O/c1-11(2)14-6-5-7-15(10-14)8-12(3)16-13(4)9-15/h11-14H,5-10H2,1-4H3. The van der Waals surface area contributed by atoms with Gasteiger partial charge in [0.15, 0.2) is 0 Å². The first-order chi connectivity index (χ1) is 7.51. The average Bonchev–Trinajstić information content (AvgIpc) is 2.15. The second-order valence-corrected chi connectivity index (χ2v) is 6.77. The topological polar surface area (TPSA) is 9.23 Å². The Morgan fingerprint density at radius 3 is 2.25 bits per heavy atom. The fraction of sp³-hybridized carbons (Fsp3) is 1.00. The number of rotatable bonds is 1. The first-order valence-corrected chi connectivity index (χ1v) is 7.16. The van der Waals surface area contributed by atoms with Crippen LogP contribution in [0.2, 0.25) is 0 Å². The summed E-state index contributed by atoms with van der Waals surface area (Å²) in [5.74, 6) is 1.83. The van der Waals surface area contributed by atoms with E-state index in [4.69, 9.17) is 4.74 Å². The summed E-state index contributed by atoms with van der Waals surface area (Å²) in [5.41, 5.74) is 0.629. The van der Waals surface area contributed by atoms with Gasteiger partial charge in [-0.1, -0.05) is 26.7 Å². The predicted octanol–water partition coefficient (Wildman–Crippen LogP) is 4.41. The van der Waals surface area contributed by atoms with Crippen molar-refractivity contribution in [3.8, 4) is 0 Å². The quantitative estimate of drug-likeness (QED) is 0.641. The van der Waals surface area contributed by atoms with E-state index in [0.29, 0.717) is 17.6 Å². The van der Waals surface area contributed by atoms with Gasteiger partial charge in [-0.05, 0) is 56.8 Å². The fourth-order valence-corrected chi connectivity index (χ4v) is 4.24. The molecule has 1 saturated heterocycles. The molecule has 1 heteroatoms. The number of hydrogen-bond donors (Lipinski definition) is 0. The van der Waals surface area contributed by atoms with Crippen LogP contribution in [0.3, 0.4) is 0 Å². The highest BCUT2D eigenvalue weighted by Gasteiger charge is 2.42. The highest BCUT2D eigenvalue weighted by atomic mass is 16.5. The molecule has 1 nitrogen and oxygen atoms in total. The lowest BCUT2D eigenvalue weighted by Gasteiger charge is -2.48. The molecule has 2 rings (SSSR count).